The molecule has 120 valence electrons. The fourth-order valence-corrected chi connectivity index (χ4v) is 2.63. The van der Waals surface area contributed by atoms with Crippen LogP contribution in [0.1, 0.15) is 31.0 Å². The van der Waals surface area contributed by atoms with Gasteiger partial charge in [0.15, 0.2) is 0 Å². The van der Waals surface area contributed by atoms with Gasteiger partial charge in [0.2, 0.25) is 0 Å². The van der Waals surface area contributed by atoms with Crippen molar-refractivity contribution in [1.82, 2.24) is 25.3 Å². The average Bonchev–Trinajstić information content (AvgIpc) is 3.21. The molecule has 0 spiro atoms. The van der Waals surface area contributed by atoms with E-state index in [2.05, 4.69) is 59.7 Å². The lowest BCUT2D eigenvalue weighted by Crippen LogP contribution is -2.33. The normalized spacial score (nSPS) is 13.9. The van der Waals surface area contributed by atoms with E-state index in [4.69, 9.17) is 0 Å². The highest BCUT2D eigenvalue weighted by atomic mass is 15.3. The van der Waals surface area contributed by atoms with Gasteiger partial charge in [-0.3, -0.25) is 9.78 Å². The first kappa shape index (κ1) is 15.5. The molecule has 5 nitrogen and oxygen atoms in total. The third-order valence-corrected chi connectivity index (χ3v) is 4.27. The molecule has 0 aliphatic heterocycles. The van der Waals surface area contributed by atoms with E-state index in [1.165, 1.54) is 11.1 Å². The summed E-state index contributed by atoms with van der Waals surface area (Å²) in [6, 6.07) is 10.9. The zero-order valence-electron chi connectivity index (χ0n) is 13.8. The summed E-state index contributed by atoms with van der Waals surface area (Å²) in [7, 11) is 0. The van der Waals surface area contributed by atoms with Crippen LogP contribution in [0.5, 0.6) is 0 Å². The van der Waals surface area contributed by atoms with Crippen molar-refractivity contribution in [2.75, 3.05) is 0 Å². The zero-order chi connectivity index (χ0) is 16.2. The molecule has 0 fully saturated rings. The molecule has 0 aliphatic carbocycles. The number of aromatic amines is 1. The van der Waals surface area contributed by atoms with Crippen LogP contribution in [-0.4, -0.2) is 26.0 Å². The molecule has 23 heavy (non-hydrogen) atoms. The minimum absolute atomic E-state index is 0.288. The highest BCUT2D eigenvalue weighted by Crippen LogP contribution is 2.21. The number of nitrogens with zero attached hydrogens (tertiary/aromatic N) is 3. The molecule has 0 saturated heterocycles. The molecule has 1 aromatic carbocycles. The minimum Gasteiger partial charge on any atom is -0.308 e. The molecule has 2 N–H and O–H groups in total. The summed E-state index contributed by atoms with van der Waals surface area (Å²) in [5, 5.41) is 15.3. The van der Waals surface area contributed by atoms with Crippen LogP contribution in [0.4, 0.5) is 0 Å². The van der Waals surface area contributed by atoms with Gasteiger partial charge < -0.3 is 5.32 Å². The lowest BCUT2D eigenvalue weighted by Gasteiger charge is -2.21. The Bertz CT molecular complexity index is 744. The van der Waals surface area contributed by atoms with Gasteiger partial charge in [-0.15, -0.1) is 0 Å². The van der Waals surface area contributed by atoms with Gasteiger partial charge in [-0.2, -0.15) is 10.2 Å². The number of aromatic nitrogens is 4. The summed E-state index contributed by atoms with van der Waals surface area (Å²) >= 11 is 0. The molecule has 2 aromatic heterocycles. The van der Waals surface area contributed by atoms with Crippen molar-refractivity contribution < 1.29 is 0 Å². The number of rotatable bonds is 6. The number of nitrogens with one attached hydrogen (secondary N) is 2. The van der Waals surface area contributed by atoms with Gasteiger partial charge in [0.1, 0.15) is 0 Å². The molecular formula is C18H23N5. The second-order valence-corrected chi connectivity index (χ2v) is 6.04. The van der Waals surface area contributed by atoms with E-state index in [0.29, 0.717) is 6.04 Å². The minimum atomic E-state index is 0.288. The fraction of sp³-hybridized carbons (Fsp3) is 0.333. The number of hydrogen-bond donors (Lipinski definition) is 2. The van der Waals surface area contributed by atoms with E-state index in [0.717, 1.165) is 17.8 Å². The van der Waals surface area contributed by atoms with Crippen LogP contribution in [0.25, 0.3) is 11.3 Å². The van der Waals surface area contributed by atoms with E-state index in [-0.39, 0.29) is 6.04 Å². The maximum absolute atomic E-state index is 4.41. The van der Waals surface area contributed by atoms with E-state index >= 15 is 0 Å². The summed E-state index contributed by atoms with van der Waals surface area (Å²) in [4.78, 5) is 0. The Kier molecular flexibility index (Phi) is 4.57. The molecule has 0 bridgehead atoms. The fourth-order valence-electron chi connectivity index (χ4n) is 2.63. The first-order valence-corrected chi connectivity index (χ1v) is 7.97. The Morgan fingerprint density at radius 1 is 1.17 bits per heavy atom. The Morgan fingerprint density at radius 3 is 2.65 bits per heavy atom. The molecule has 2 heterocycles. The average molecular weight is 309 g/mol. The SMILES string of the molecule is Cc1cnn([C@@H](C)[C@H](C)NCc2cn[nH]c2-c2ccccc2)c1. The monoisotopic (exact) mass is 309 g/mol. The first-order valence-electron chi connectivity index (χ1n) is 7.97. The maximum Gasteiger partial charge on any atom is 0.0695 e. The van der Waals surface area contributed by atoms with Crippen molar-refractivity contribution in [3.05, 3.63) is 60.0 Å². The van der Waals surface area contributed by atoms with Crippen LogP contribution < -0.4 is 5.32 Å². The predicted molar refractivity (Wildman–Crippen MR) is 92.0 cm³/mol. The van der Waals surface area contributed by atoms with Gasteiger partial charge >= 0.3 is 0 Å². The second-order valence-electron chi connectivity index (χ2n) is 6.04. The Balaban J connectivity index is 1.66. The van der Waals surface area contributed by atoms with Gasteiger partial charge in [-0.25, -0.2) is 0 Å². The Labute approximate surface area is 136 Å². The van der Waals surface area contributed by atoms with Crippen molar-refractivity contribution in [1.29, 1.82) is 0 Å². The third-order valence-electron chi connectivity index (χ3n) is 4.27. The number of hydrogen-bond acceptors (Lipinski definition) is 3. The van der Waals surface area contributed by atoms with Crippen LogP contribution in [0, 0.1) is 6.92 Å². The summed E-state index contributed by atoms with van der Waals surface area (Å²) in [6.45, 7) is 7.19. The quantitative estimate of drug-likeness (QED) is 0.734. The molecule has 2 atom stereocenters. The molecule has 0 unspecified atom stereocenters. The maximum atomic E-state index is 4.41. The largest absolute Gasteiger partial charge is 0.308 e. The number of benzene rings is 1. The van der Waals surface area contributed by atoms with Crippen molar-refractivity contribution in [3.63, 3.8) is 0 Å². The number of aryl methyl sites for hydroxylation is 1. The topological polar surface area (TPSA) is 58.5 Å². The highest BCUT2D eigenvalue weighted by molar-refractivity contribution is 5.62. The van der Waals surface area contributed by atoms with Crippen molar-refractivity contribution >= 4 is 0 Å². The second kappa shape index (κ2) is 6.79. The van der Waals surface area contributed by atoms with Crippen LogP contribution in [-0.2, 0) is 6.54 Å². The molecule has 3 aromatic rings. The molecule has 0 saturated carbocycles. The lowest BCUT2D eigenvalue weighted by molar-refractivity contribution is 0.365. The van der Waals surface area contributed by atoms with E-state index in [1.807, 2.05) is 35.3 Å². The van der Waals surface area contributed by atoms with Gasteiger partial charge in [-0.05, 0) is 31.9 Å². The van der Waals surface area contributed by atoms with Crippen LogP contribution in [0.15, 0.2) is 48.9 Å². The van der Waals surface area contributed by atoms with Gasteiger partial charge in [0, 0.05) is 24.3 Å². The summed E-state index contributed by atoms with van der Waals surface area (Å²) < 4.78 is 2.01. The number of H-pyrrole nitrogens is 1. The Hall–Kier alpha value is -2.40. The predicted octanol–water partition coefficient (Wildman–Crippen LogP) is 3.32. The Morgan fingerprint density at radius 2 is 1.96 bits per heavy atom. The highest BCUT2D eigenvalue weighted by Gasteiger charge is 2.15. The van der Waals surface area contributed by atoms with E-state index < -0.39 is 0 Å². The van der Waals surface area contributed by atoms with Gasteiger partial charge in [0.05, 0.1) is 24.1 Å². The van der Waals surface area contributed by atoms with Crippen molar-refractivity contribution in [3.8, 4) is 11.3 Å². The summed E-state index contributed by atoms with van der Waals surface area (Å²) in [5.74, 6) is 0. The summed E-state index contributed by atoms with van der Waals surface area (Å²) in [6.07, 6.45) is 5.87. The molecule has 0 aliphatic rings. The molecular weight excluding hydrogens is 286 g/mol. The molecule has 5 heteroatoms. The first-order chi connectivity index (χ1) is 11.1. The smallest absolute Gasteiger partial charge is 0.0695 e. The lowest BCUT2D eigenvalue weighted by atomic mass is 10.1. The van der Waals surface area contributed by atoms with Crippen LogP contribution in [0.3, 0.4) is 0 Å². The van der Waals surface area contributed by atoms with Gasteiger partial charge in [0.25, 0.3) is 0 Å². The standard InChI is InChI=1S/C18H23N5/c1-13-9-21-23(12-13)15(3)14(2)19-10-17-11-20-22-18(17)16-7-5-4-6-8-16/h4-9,11-12,14-15,19H,10H2,1-3H3,(H,20,22)/t14-,15-/m0/s1. The van der Waals surface area contributed by atoms with Crippen LogP contribution >= 0.6 is 0 Å². The van der Waals surface area contributed by atoms with Crippen molar-refractivity contribution in [2.45, 2.75) is 39.4 Å². The molecule has 3 rings (SSSR count). The van der Waals surface area contributed by atoms with Gasteiger partial charge in [-0.1, -0.05) is 30.3 Å². The molecule has 0 radical (unpaired) electrons. The zero-order valence-corrected chi connectivity index (χ0v) is 13.8. The third kappa shape index (κ3) is 3.51. The summed E-state index contributed by atoms with van der Waals surface area (Å²) in [5.41, 5.74) is 4.59. The van der Waals surface area contributed by atoms with Crippen LogP contribution in [0.2, 0.25) is 0 Å². The molecule has 0 amide bonds. The van der Waals surface area contributed by atoms with E-state index in [1.54, 1.807) is 0 Å². The van der Waals surface area contributed by atoms with Crippen molar-refractivity contribution in [2.24, 2.45) is 0 Å². The van der Waals surface area contributed by atoms with E-state index in [9.17, 15) is 0 Å².